The smallest absolute Gasteiger partial charge is 0.182 e. The largest absolute Gasteiger partial charge is 0.487 e. The molecule has 0 unspecified atom stereocenters. The highest BCUT2D eigenvalue weighted by Crippen LogP contribution is 2.20. The first kappa shape index (κ1) is 10.9. The summed E-state index contributed by atoms with van der Waals surface area (Å²) in [6.45, 7) is 2.10. The van der Waals surface area contributed by atoms with E-state index < -0.39 is 0 Å². The fourth-order valence-electron chi connectivity index (χ4n) is 1.85. The Bertz CT molecular complexity index is 391. The fraction of sp³-hybridized carbons (Fsp3) is 0.500. The van der Waals surface area contributed by atoms with Crippen molar-refractivity contribution >= 4 is 0 Å². The molecule has 16 heavy (non-hydrogen) atoms. The summed E-state index contributed by atoms with van der Waals surface area (Å²) < 4.78 is 5.81. The second-order valence-electron chi connectivity index (χ2n) is 4.08. The maximum atomic E-state index is 8.89. The van der Waals surface area contributed by atoms with Gasteiger partial charge in [-0.2, -0.15) is 5.26 Å². The molecule has 0 atom stereocenters. The third-order valence-corrected chi connectivity index (χ3v) is 2.84. The van der Waals surface area contributed by atoms with Crippen molar-refractivity contribution in [3.05, 3.63) is 24.0 Å². The van der Waals surface area contributed by atoms with Crippen LogP contribution in [0.3, 0.4) is 0 Å². The molecule has 1 aromatic heterocycles. The average Bonchev–Trinajstić information content (AvgIpc) is 2.33. The summed E-state index contributed by atoms with van der Waals surface area (Å²) in [5.41, 5.74) is 0.376. The Hall–Kier alpha value is -1.60. The Morgan fingerprint density at radius 3 is 2.94 bits per heavy atom. The van der Waals surface area contributed by atoms with Crippen LogP contribution in [0.5, 0.6) is 5.75 Å². The normalized spacial score (nSPS) is 18.0. The van der Waals surface area contributed by atoms with Crippen LogP contribution in [0.2, 0.25) is 0 Å². The van der Waals surface area contributed by atoms with Gasteiger partial charge in [-0.05, 0) is 32.0 Å². The summed E-state index contributed by atoms with van der Waals surface area (Å²) in [5.74, 6) is 0.611. The number of nitriles is 1. The van der Waals surface area contributed by atoms with Crippen molar-refractivity contribution in [3.8, 4) is 11.8 Å². The minimum Gasteiger partial charge on any atom is -0.487 e. The van der Waals surface area contributed by atoms with E-state index in [9.17, 15) is 0 Å². The molecule has 1 aliphatic rings. The van der Waals surface area contributed by atoms with Gasteiger partial charge in [0.15, 0.2) is 11.4 Å². The van der Waals surface area contributed by atoms with Crippen molar-refractivity contribution in [1.29, 1.82) is 5.26 Å². The zero-order chi connectivity index (χ0) is 11.4. The number of rotatable bonds is 2. The Morgan fingerprint density at radius 2 is 2.25 bits per heavy atom. The van der Waals surface area contributed by atoms with E-state index in [0.717, 1.165) is 25.9 Å². The van der Waals surface area contributed by atoms with Crippen molar-refractivity contribution in [2.45, 2.75) is 18.9 Å². The highest BCUT2D eigenvalue weighted by Gasteiger charge is 2.19. The summed E-state index contributed by atoms with van der Waals surface area (Å²) in [6, 6.07) is 5.65. The molecule has 2 heterocycles. The van der Waals surface area contributed by atoms with Gasteiger partial charge in [-0.3, -0.25) is 0 Å². The quantitative estimate of drug-likeness (QED) is 0.752. The van der Waals surface area contributed by atoms with Crippen molar-refractivity contribution in [2.24, 2.45) is 0 Å². The fourth-order valence-corrected chi connectivity index (χ4v) is 1.85. The molecule has 2 rings (SSSR count). The number of nitrogens with zero attached hydrogens (tertiary/aromatic N) is 3. The maximum absolute atomic E-state index is 8.89. The minimum absolute atomic E-state index is 0.215. The third kappa shape index (κ3) is 2.50. The van der Waals surface area contributed by atoms with Gasteiger partial charge in [0.2, 0.25) is 0 Å². The van der Waals surface area contributed by atoms with Gasteiger partial charge in [0, 0.05) is 19.3 Å². The number of piperidine rings is 1. The summed E-state index contributed by atoms with van der Waals surface area (Å²) >= 11 is 0. The van der Waals surface area contributed by atoms with Gasteiger partial charge < -0.3 is 9.64 Å². The van der Waals surface area contributed by atoms with Gasteiger partial charge in [-0.1, -0.05) is 0 Å². The second-order valence-corrected chi connectivity index (χ2v) is 4.08. The molecule has 84 valence electrons. The molecule has 0 N–H and O–H groups in total. The molecular weight excluding hydrogens is 202 g/mol. The van der Waals surface area contributed by atoms with Crippen molar-refractivity contribution in [1.82, 2.24) is 9.88 Å². The molecule has 0 aromatic carbocycles. The van der Waals surface area contributed by atoms with Gasteiger partial charge in [0.25, 0.3) is 0 Å². The van der Waals surface area contributed by atoms with E-state index in [0.29, 0.717) is 11.4 Å². The van der Waals surface area contributed by atoms with Crippen LogP contribution in [0.4, 0.5) is 0 Å². The molecule has 4 heteroatoms. The first-order valence-electron chi connectivity index (χ1n) is 5.50. The van der Waals surface area contributed by atoms with Crippen LogP contribution in [0, 0.1) is 11.3 Å². The molecule has 1 saturated heterocycles. The van der Waals surface area contributed by atoms with Gasteiger partial charge >= 0.3 is 0 Å². The standard InChI is InChI=1S/C12H15N3O/c1-15-7-4-10(5-8-15)16-12-3-2-6-14-11(12)9-13/h2-3,6,10H,4-5,7-8H2,1H3. The molecule has 4 nitrogen and oxygen atoms in total. The van der Waals surface area contributed by atoms with Crippen molar-refractivity contribution in [3.63, 3.8) is 0 Å². The molecule has 0 saturated carbocycles. The van der Waals surface area contributed by atoms with Crippen LogP contribution in [-0.2, 0) is 0 Å². The Morgan fingerprint density at radius 1 is 1.50 bits per heavy atom. The lowest BCUT2D eigenvalue weighted by molar-refractivity contribution is 0.113. The van der Waals surface area contributed by atoms with E-state index in [1.807, 2.05) is 12.1 Å². The summed E-state index contributed by atoms with van der Waals surface area (Å²) in [7, 11) is 2.11. The lowest BCUT2D eigenvalue weighted by Crippen LogP contribution is -2.35. The van der Waals surface area contributed by atoms with E-state index >= 15 is 0 Å². The first-order valence-corrected chi connectivity index (χ1v) is 5.50. The number of aromatic nitrogens is 1. The molecule has 1 fully saturated rings. The highest BCUT2D eigenvalue weighted by atomic mass is 16.5. The second kappa shape index (κ2) is 4.95. The predicted octanol–water partition coefficient (Wildman–Crippen LogP) is 1.43. The van der Waals surface area contributed by atoms with Crippen LogP contribution in [0.1, 0.15) is 18.5 Å². The Labute approximate surface area is 95.5 Å². The van der Waals surface area contributed by atoms with Crippen LogP contribution in [0.15, 0.2) is 18.3 Å². The SMILES string of the molecule is CN1CCC(Oc2cccnc2C#N)CC1. The van der Waals surface area contributed by atoms with Crippen molar-refractivity contribution in [2.75, 3.05) is 20.1 Å². The maximum Gasteiger partial charge on any atom is 0.182 e. The molecular formula is C12H15N3O. The number of ether oxygens (including phenoxy) is 1. The minimum atomic E-state index is 0.215. The molecule has 0 amide bonds. The third-order valence-electron chi connectivity index (χ3n) is 2.84. The van der Waals surface area contributed by atoms with Crippen LogP contribution < -0.4 is 4.74 Å². The highest BCUT2D eigenvalue weighted by molar-refractivity contribution is 5.36. The van der Waals surface area contributed by atoms with Gasteiger partial charge in [-0.25, -0.2) is 4.98 Å². The van der Waals surface area contributed by atoms with Crippen molar-refractivity contribution < 1.29 is 4.74 Å². The lowest BCUT2D eigenvalue weighted by atomic mass is 10.1. The lowest BCUT2D eigenvalue weighted by Gasteiger charge is -2.29. The van der Waals surface area contributed by atoms with Gasteiger partial charge in [0.1, 0.15) is 12.2 Å². The van der Waals surface area contributed by atoms with Crippen LogP contribution >= 0.6 is 0 Å². The summed E-state index contributed by atoms with van der Waals surface area (Å²) in [5, 5.41) is 8.89. The monoisotopic (exact) mass is 217 g/mol. The molecule has 0 spiro atoms. The van der Waals surface area contributed by atoms with Gasteiger partial charge in [-0.15, -0.1) is 0 Å². The number of hydrogen-bond donors (Lipinski definition) is 0. The topological polar surface area (TPSA) is 49.1 Å². The number of likely N-dealkylation sites (tertiary alicyclic amines) is 1. The average molecular weight is 217 g/mol. The van der Waals surface area contributed by atoms with E-state index in [1.165, 1.54) is 0 Å². The van der Waals surface area contributed by atoms with E-state index in [4.69, 9.17) is 10.00 Å². The molecule has 1 aliphatic heterocycles. The van der Waals surface area contributed by atoms with E-state index in [2.05, 4.69) is 16.9 Å². The van der Waals surface area contributed by atoms with Crippen LogP contribution in [-0.4, -0.2) is 36.1 Å². The number of hydrogen-bond acceptors (Lipinski definition) is 4. The molecule has 0 radical (unpaired) electrons. The van der Waals surface area contributed by atoms with Gasteiger partial charge in [0.05, 0.1) is 0 Å². The predicted molar refractivity (Wildman–Crippen MR) is 60.1 cm³/mol. The summed E-state index contributed by atoms with van der Waals surface area (Å²) in [4.78, 5) is 6.27. The summed E-state index contributed by atoms with van der Waals surface area (Å²) in [6.07, 6.45) is 3.85. The number of pyridine rings is 1. The molecule has 0 bridgehead atoms. The van der Waals surface area contributed by atoms with E-state index in [1.54, 1.807) is 12.3 Å². The Balaban J connectivity index is 2.01. The molecule has 1 aromatic rings. The van der Waals surface area contributed by atoms with E-state index in [-0.39, 0.29) is 6.10 Å². The zero-order valence-corrected chi connectivity index (χ0v) is 9.39. The zero-order valence-electron chi connectivity index (χ0n) is 9.39. The first-order chi connectivity index (χ1) is 7.79. The molecule has 0 aliphatic carbocycles. The Kier molecular flexibility index (Phi) is 3.37. The van der Waals surface area contributed by atoms with Crippen LogP contribution in [0.25, 0.3) is 0 Å².